The fraction of sp³-hybridized carbons (Fsp3) is 0.476. The van der Waals surface area contributed by atoms with E-state index in [0.29, 0.717) is 18.9 Å². The Labute approximate surface area is 161 Å². The van der Waals surface area contributed by atoms with E-state index in [4.69, 9.17) is 4.42 Å². The van der Waals surface area contributed by atoms with Crippen LogP contribution in [0.1, 0.15) is 37.0 Å². The lowest BCUT2D eigenvalue weighted by Gasteiger charge is -2.27. The maximum Gasteiger partial charge on any atom is 0.222 e. The van der Waals surface area contributed by atoms with Crippen molar-refractivity contribution in [3.05, 3.63) is 47.7 Å². The number of halogens is 1. The lowest BCUT2D eigenvalue weighted by molar-refractivity contribution is -0.132. The third-order valence-corrected chi connectivity index (χ3v) is 5.52. The van der Waals surface area contributed by atoms with Crippen LogP contribution in [-0.2, 0) is 17.8 Å². The number of carbonyl (C=O) groups is 1. The standard InChI is InChI=1S/C21H26N2O2.ClH/c24-21(7-6-16-8-11-22-12-9-16)23-13-10-18-14-19(25-20(18)15-23)17-4-2-1-3-5-17;/h1-5,14,16,22H,6-13,15H2;1H. The first-order valence-corrected chi connectivity index (χ1v) is 9.45. The van der Waals surface area contributed by atoms with Crippen LogP contribution in [0.15, 0.2) is 40.8 Å². The highest BCUT2D eigenvalue weighted by Crippen LogP contribution is 2.30. The van der Waals surface area contributed by atoms with E-state index in [1.165, 1.54) is 18.4 Å². The van der Waals surface area contributed by atoms with E-state index >= 15 is 0 Å². The van der Waals surface area contributed by atoms with Gasteiger partial charge in [0, 0.05) is 18.5 Å². The smallest absolute Gasteiger partial charge is 0.222 e. The molecule has 4 nitrogen and oxygen atoms in total. The van der Waals surface area contributed by atoms with Crippen LogP contribution in [0.2, 0.25) is 0 Å². The number of furan rings is 1. The zero-order valence-electron chi connectivity index (χ0n) is 15.1. The Morgan fingerprint density at radius 1 is 1.19 bits per heavy atom. The Balaban J connectivity index is 0.00000196. The van der Waals surface area contributed by atoms with Gasteiger partial charge in [-0.25, -0.2) is 0 Å². The molecule has 4 rings (SSSR count). The molecule has 1 amide bonds. The van der Waals surface area contributed by atoms with Gasteiger partial charge in [-0.05, 0) is 56.3 Å². The summed E-state index contributed by atoms with van der Waals surface area (Å²) < 4.78 is 6.06. The molecule has 2 aliphatic heterocycles. The highest BCUT2D eigenvalue weighted by molar-refractivity contribution is 5.85. The van der Waals surface area contributed by atoms with E-state index in [1.807, 2.05) is 23.1 Å². The van der Waals surface area contributed by atoms with E-state index in [9.17, 15) is 4.79 Å². The molecule has 0 radical (unpaired) electrons. The molecule has 0 saturated carbocycles. The molecule has 0 spiro atoms. The monoisotopic (exact) mass is 374 g/mol. The molecule has 1 aromatic carbocycles. The highest BCUT2D eigenvalue weighted by atomic mass is 35.5. The number of nitrogens with zero attached hydrogens (tertiary/aromatic N) is 1. The second kappa shape index (κ2) is 8.74. The van der Waals surface area contributed by atoms with Crippen LogP contribution in [0, 0.1) is 5.92 Å². The van der Waals surface area contributed by atoms with Gasteiger partial charge in [-0.2, -0.15) is 0 Å². The van der Waals surface area contributed by atoms with Gasteiger partial charge in [0.15, 0.2) is 0 Å². The molecule has 1 fully saturated rings. The van der Waals surface area contributed by atoms with Crippen LogP contribution in [0.25, 0.3) is 11.3 Å². The number of piperidine rings is 1. The predicted octanol–water partition coefficient (Wildman–Crippen LogP) is 4.03. The Morgan fingerprint density at radius 3 is 2.73 bits per heavy atom. The van der Waals surface area contributed by atoms with Gasteiger partial charge < -0.3 is 14.6 Å². The largest absolute Gasteiger partial charge is 0.459 e. The molecule has 0 aliphatic carbocycles. The Hall–Kier alpha value is -1.78. The first kappa shape index (κ1) is 19.0. The zero-order chi connectivity index (χ0) is 17.1. The van der Waals surface area contributed by atoms with Crippen LogP contribution in [-0.4, -0.2) is 30.4 Å². The summed E-state index contributed by atoms with van der Waals surface area (Å²) in [5.74, 6) is 2.86. The summed E-state index contributed by atoms with van der Waals surface area (Å²) in [5, 5.41) is 3.38. The molecule has 140 valence electrons. The van der Waals surface area contributed by atoms with Gasteiger partial charge in [0.1, 0.15) is 11.5 Å². The number of rotatable bonds is 4. The molecule has 0 atom stereocenters. The minimum Gasteiger partial charge on any atom is -0.459 e. The summed E-state index contributed by atoms with van der Waals surface area (Å²) in [6, 6.07) is 12.3. The molecule has 1 aromatic heterocycles. The van der Waals surface area contributed by atoms with Gasteiger partial charge >= 0.3 is 0 Å². The van der Waals surface area contributed by atoms with Crippen LogP contribution >= 0.6 is 12.4 Å². The molecular weight excluding hydrogens is 348 g/mol. The van der Waals surface area contributed by atoms with Crippen LogP contribution in [0.5, 0.6) is 0 Å². The minimum absolute atomic E-state index is 0. The fourth-order valence-electron chi connectivity index (χ4n) is 3.93. The second-order valence-electron chi connectivity index (χ2n) is 7.22. The lowest BCUT2D eigenvalue weighted by atomic mass is 9.93. The highest BCUT2D eigenvalue weighted by Gasteiger charge is 2.25. The summed E-state index contributed by atoms with van der Waals surface area (Å²) in [6.07, 6.45) is 5.00. The summed E-state index contributed by atoms with van der Waals surface area (Å²) in [7, 11) is 0. The normalized spacial score (nSPS) is 17.5. The van der Waals surface area contributed by atoms with Gasteiger partial charge in [0.25, 0.3) is 0 Å². The van der Waals surface area contributed by atoms with Crippen molar-refractivity contribution in [3.63, 3.8) is 0 Å². The Bertz CT molecular complexity index is 723. The number of hydrogen-bond acceptors (Lipinski definition) is 3. The van der Waals surface area contributed by atoms with Crippen molar-refractivity contribution in [1.82, 2.24) is 10.2 Å². The number of amides is 1. The van der Waals surface area contributed by atoms with Crippen molar-refractivity contribution in [1.29, 1.82) is 0 Å². The molecule has 5 heteroatoms. The van der Waals surface area contributed by atoms with Crippen molar-refractivity contribution in [2.75, 3.05) is 19.6 Å². The summed E-state index contributed by atoms with van der Waals surface area (Å²) >= 11 is 0. The summed E-state index contributed by atoms with van der Waals surface area (Å²) in [4.78, 5) is 14.6. The molecule has 2 aliphatic rings. The third kappa shape index (κ3) is 4.30. The molecule has 2 aromatic rings. The molecule has 1 N–H and O–H groups in total. The van der Waals surface area contributed by atoms with Crippen molar-refractivity contribution in [3.8, 4) is 11.3 Å². The van der Waals surface area contributed by atoms with Gasteiger partial charge in [0.05, 0.1) is 6.54 Å². The lowest BCUT2D eigenvalue weighted by Crippen LogP contribution is -2.36. The third-order valence-electron chi connectivity index (χ3n) is 5.52. The Kier molecular flexibility index (Phi) is 6.38. The van der Waals surface area contributed by atoms with Gasteiger partial charge in [-0.15, -0.1) is 12.4 Å². The van der Waals surface area contributed by atoms with Crippen LogP contribution < -0.4 is 5.32 Å². The topological polar surface area (TPSA) is 45.5 Å². The van der Waals surface area contributed by atoms with E-state index < -0.39 is 0 Å². The van der Waals surface area contributed by atoms with Gasteiger partial charge in [-0.3, -0.25) is 4.79 Å². The molecular formula is C21H27ClN2O2. The number of nitrogens with one attached hydrogen (secondary N) is 1. The number of carbonyl (C=O) groups excluding carboxylic acids is 1. The quantitative estimate of drug-likeness (QED) is 0.878. The summed E-state index contributed by atoms with van der Waals surface area (Å²) in [6.45, 7) is 3.63. The van der Waals surface area contributed by atoms with Crippen molar-refractivity contribution >= 4 is 18.3 Å². The van der Waals surface area contributed by atoms with E-state index in [0.717, 1.165) is 49.6 Å². The van der Waals surface area contributed by atoms with Crippen molar-refractivity contribution in [2.45, 2.75) is 38.6 Å². The van der Waals surface area contributed by atoms with E-state index in [-0.39, 0.29) is 18.3 Å². The number of fused-ring (bicyclic) bond motifs is 1. The van der Waals surface area contributed by atoms with Crippen LogP contribution in [0.3, 0.4) is 0 Å². The number of hydrogen-bond donors (Lipinski definition) is 1. The maximum atomic E-state index is 12.6. The van der Waals surface area contributed by atoms with E-state index in [1.54, 1.807) is 0 Å². The average molecular weight is 375 g/mol. The van der Waals surface area contributed by atoms with Crippen molar-refractivity contribution in [2.24, 2.45) is 5.92 Å². The Morgan fingerprint density at radius 2 is 1.96 bits per heavy atom. The molecule has 0 unspecified atom stereocenters. The predicted molar refractivity (Wildman–Crippen MR) is 105 cm³/mol. The molecule has 1 saturated heterocycles. The number of benzene rings is 1. The average Bonchev–Trinajstić information content (AvgIpc) is 3.11. The second-order valence-corrected chi connectivity index (χ2v) is 7.22. The zero-order valence-corrected chi connectivity index (χ0v) is 15.9. The summed E-state index contributed by atoms with van der Waals surface area (Å²) in [5.41, 5.74) is 2.35. The first-order chi connectivity index (χ1) is 12.3. The fourth-order valence-corrected chi connectivity index (χ4v) is 3.93. The molecule has 26 heavy (non-hydrogen) atoms. The molecule has 0 bridgehead atoms. The first-order valence-electron chi connectivity index (χ1n) is 9.45. The SMILES string of the molecule is Cl.O=C(CCC1CCNCC1)N1CCc2cc(-c3ccccc3)oc2C1. The van der Waals surface area contributed by atoms with E-state index in [2.05, 4.69) is 23.5 Å². The van der Waals surface area contributed by atoms with Crippen LogP contribution in [0.4, 0.5) is 0 Å². The molecule has 3 heterocycles. The van der Waals surface area contributed by atoms with Crippen molar-refractivity contribution < 1.29 is 9.21 Å². The minimum atomic E-state index is 0. The van der Waals surface area contributed by atoms with Gasteiger partial charge in [0.2, 0.25) is 5.91 Å². The van der Waals surface area contributed by atoms with Gasteiger partial charge in [-0.1, -0.05) is 30.3 Å². The maximum absolute atomic E-state index is 12.6.